The predicted molar refractivity (Wildman–Crippen MR) is 47.1 cm³/mol. The van der Waals surface area contributed by atoms with Gasteiger partial charge in [-0.15, -0.1) is 0 Å². The molecular formula is C8H17NO2. The first-order valence-corrected chi connectivity index (χ1v) is 3.15. The van der Waals surface area contributed by atoms with Crippen LogP contribution in [0.2, 0.25) is 0 Å². The molecule has 0 aliphatic rings. The summed E-state index contributed by atoms with van der Waals surface area (Å²) in [6, 6.07) is 0. The molecule has 0 saturated carbocycles. The Kier molecular flexibility index (Phi) is 23.9. The fourth-order valence-electron chi connectivity index (χ4n) is 0. The summed E-state index contributed by atoms with van der Waals surface area (Å²) in [6.07, 6.45) is 1.25. The Morgan fingerprint density at radius 3 is 1.09 bits per heavy atom. The minimum absolute atomic E-state index is 0.167. The first kappa shape index (κ1) is 16.5. The van der Waals surface area contributed by atoms with Crippen LogP contribution in [0.1, 0.15) is 27.7 Å². The molecule has 0 bridgehead atoms. The van der Waals surface area contributed by atoms with E-state index in [0.29, 0.717) is 0 Å². The number of carbonyl (C=O) groups excluding carboxylic acids is 2. The van der Waals surface area contributed by atoms with Crippen LogP contribution in [0.5, 0.6) is 0 Å². The molecule has 0 aliphatic heterocycles. The summed E-state index contributed by atoms with van der Waals surface area (Å²) in [6.45, 7) is 9.25. The van der Waals surface area contributed by atoms with E-state index in [0.717, 1.165) is 0 Å². The van der Waals surface area contributed by atoms with E-state index in [1.165, 1.54) is 33.9 Å². The molecule has 2 N–H and O–H groups in total. The van der Waals surface area contributed by atoms with Gasteiger partial charge < -0.3 is 15.3 Å². The Morgan fingerprint density at radius 1 is 1.09 bits per heavy atom. The molecule has 66 valence electrons. The Bertz CT molecular complexity index is 99.3. The van der Waals surface area contributed by atoms with E-state index in [1.54, 1.807) is 0 Å². The zero-order chi connectivity index (χ0) is 9.86. The Labute approximate surface area is 68.3 Å². The maximum atomic E-state index is 9.44. The lowest BCUT2D eigenvalue weighted by atomic mass is 10.6. The maximum Gasteiger partial charge on any atom is 0.126 e. The molecule has 3 heteroatoms. The fraction of sp³-hybridized carbons (Fsp3) is 0.500. The van der Waals surface area contributed by atoms with Crippen LogP contribution in [-0.2, 0) is 9.59 Å². The molecular weight excluding hydrogens is 142 g/mol. The lowest BCUT2D eigenvalue weighted by Gasteiger charge is -1.56. The highest BCUT2D eigenvalue weighted by atomic mass is 16.1. The molecule has 0 radical (unpaired) electrons. The molecule has 0 saturated heterocycles. The fourth-order valence-corrected chi connectivity index (χ4v) is 0. The van der Waals surface area contributed by atoms with Gasteiger partial charge in [0, 0.05) is 0 Å². The summed E-state index contributed by atoms with van der Waals surface area (Å²) in [5.74, 6) is 0.333. The van der Waals surface area contributed by atoms with E-state index in [4.69, 9.17) is 0 Å². The molecule has 0 aromatic carbocycles. The van der Waals surface area contributed by atoms with Crippen molar-refractivity contribution in [3.63, 3.8) is 0 Å². The van der Waals surface area contributed by atoms with Crippen LogP contribution in [-0.4, -0.2) is 11.6 Å². The van der Waals surface area contributed by atoms with E-state index in [2.05, 4.69) is 12.3 Å². The van der Waals surface area contributed by atoms with Gasteiger partial charge >= 0.3 is 0 Å². The summed E-state index contributed by atoms with van der Waals surface area (Å²) in [7, 11) is 0. The molecule has 0 unspecified atom stereocenters. The van der Waals surface area contributed by atoms with Gasteiger partial charge in [-0.05, 0) is 33.9 Å². The minimum Gasteiger partial charge on any atom is -0.405 e. The highest BCUT2D eigenvalue weighted by molar-refractivity contribution is 5.72. The van der Waals surface area contributed by atoms with Crippen molar-refractivity contribution in [2.24, 2.45) is 5.73 Å². The predicted octanol–water partition coefficient (Wildman–Crippen LogP) is 1.28. The van der Waals surface area contributed by atoms with Crippen LogP contribution in [0.25, 0.3) is 0 Å². The molecule has 0 rings (SSSR count). The van der Waals surface area contributed by atoms with Gasteiger partial charge in [-0.1, -0.05) is 6.58 Å². The highest BCUT2D eigenvalue weighted by Gasteiger charge is 1.62. The third kappa shape index (κ3) is 335. The third-order valence-electron chi connectivity index (χ3n) is 0. The molecule has 3 nitrogen and oxygen atoms in total. The minimum atomic E-state index is 0.167. The van der Waals surface area contributed by atoms with Crippen LogP contribution < -0.4 is 5.73 Å². The largest absolute Gasteiger partial charge is 0.405 e. The topological polar surface area (TPSA) is 60.2 Å². The molecule has 0 aromatic heterocycles. The van der Waals surface area contributed by atoms with E-state index in [1.807, 2.05) is 0 Å². The van der Waals surface area contributed by atoms with Crippen molar-refractivity contribution in [3.05, 3.63) is 12.8 Å². The van der Waals surface area contributed by atoms with Crippen molar-refractivity contribution in [2.75, 3.05) is 0 Å². The maximum absolute atomic E-state index is 9.44. The van der Waals surface area contributed by atoms with E-state index >= 15 is 0 Å². The molecule has 0 spiro atoms. The number of carbonyl (C=O) groups is 2. The van der Waals surface area contributed by atoms with Crippen molar-refractivity contribution < 1.29 is 9.59 Å². The van der Waals surface area contributed by atoms with Gasteiger partial charge in [0.05, 0.1) is 0 Å². The van der Waals surface area contributed by atoms with Gasteiger partial charge in [-0.2, -0.15) is 0 Å². The van der Waals surface area contributed by atoms with Crippen LogP contribution in [0.15, 0.2) is 12.8 Å². The van der Waals surface area contributed by atoms with Gasteiger partial charge in [-0.25, -0.2) is 0 Å². The van der Waals surface area contributed by atoms with Crippen LogP contribution >= 0.6 is 0 Å². The average molecular weight is 159 g/mol. The Morgan fingerprint density at radius 2 is 1.09 bits per heavy atom. The monoisotopic (exact) mass is 159 g/mol. The molecule has 0 atom stereocenters. The normalized spacial score (nSPS) is 5.82. The van der Waals surface area contributed by atoms with Crippen LogP contribution in [0.4, 0.5) is 0 Å². The third-order valence-corrected chi connectivity index (χ3v) is 0. The molecule has 0 heterocycles. The van der Waals surface area contributed by atoms with E-state index in [-0.39, 0.29) is 11.6 Å². The van der Waals surface area contributed by atoms with Crippen molar-refractivity contribution in [3.8, 4) is 0 Å². The standard InChI is InChI=1S/2C3H6O.C2H5N/c2*1-3(2)4;1-2-3/h2*1-2H3;2H,1,3H2. The number of Topliss-reactive ketones (excluding diaryl/α,β-unsaturated/α-hetero) is 2. The molecule has 0 aliphatic carbocycles. The van der Waals surface area contributed by atoms with Crippen LogP contribution in [0, 0.1) is 0 Å². The number of ketones is 2. The lowest BCUT2D eigenvalue weighted by molar-refractivity contribution is -0.115. The van der Waals surface area contributed by atoms with Crippen molar-refractivity contribution in [2.45, 2.75) is 27.7 Å². The summed E-state index contributed by atoms with van der Waals surface area (Å²) in [4.78, 5) is 18.9. The van der Waals surface area contributed by atoms with Crippen LogP contribution in [0.3, 0.4) is 0 Å². The SMILES string of the molecule is C=CN.CC(C)=O.CC(C)=O. The van der Waals surface area contributed by atoms with E-state index < -0.39 is 0 Å². The zero-order valence-electron chi connectivity index (χ0n) is 7.68. The number of hydrogen-bond acceptors (Lipinski definition) is 3. The molecule has 0 aromatic rings. The Hall–Kier alpha value is -1.12. The smallest absolute Gasteiger partial charge is 0.126 e. The average Bonchev–Trinajstić information content (AvgIpc) is 1.60. The van der Waals surface area contributed by atoms with Gasteiger partial charge in [0.1, 0.15) is 11.6 Å². The second-order valence-electron chi connectivity index (χ2n) is 2.05. The highest BCUT2D eigenvalue weighted by Crippen LogP contribution is 1.50. The van der Waals surface area contributed by atoms with Crippen molar-refractivity contribution in [1.29, 1.82) is 0 Å². The summed E-state index contributed by atoms with van der Waals surface area (Å²) >= 11 is 0. The van der Waals surface area contributed by atoms with Gasteiger partial charge in [0.2, 0.25) is 0 Å². The second kappa shape index (κ2) is 15.9. The van der Waals surface area contributed by atoms with Gasteiger partial charge in [-0.3, -0.25) is 0 Å². The quantitative estimate of drug-likeness (QED) is 0.579. The molecule has 11 heavy (non-hydrogen) atoms. The lowest BCUT2D eigenvalue weighted by Crippen LogP contribution is -1.69. The van der Waals surface area contributed by atoms with Crippen molar-refractivity contribution >= 4 is 11.6 Å². The Balaban J connectivity index is -0.0000000886. The number of hydrogen-bond donors (Lipinski definition) is 1. The van der Waals surface area contributed by atoms with E-state index in [9.17, 15) is 9.59 Å². The summed E-state index contributed by atoms with van der Waals surface area (Å²) in [5.41, 5.74) is 4.61. The zero-order valence-corrected chi connectivity index (χ0v) is 7.68. The molecule has 0 amide bonds. The molecule has 0 fully saturated rings. The van der Waals surface area contributed by atoms with Gasteiger partial charge in [0.25, 0.3) is 0 Å². The van der Waals surface area contributed by atoms with Gasteiger partial charge in [0.15, 0.2) is 0 Å². The van der Waals surface area contributed by atoms with Crippen molar-refractivity contribution in [1.82, 2.24) is 0 Å². The summed E-state index contributed by atoms with van der Waals surface area (Å²) < 4.78 is 0. The first-order valence-electron chi connectivity index (χ1n) is 3.15. The summed E-state index contributed by atoms with van der Waals surface area (Å²) in [5, 5.41) is 0. The first-order chi connectivity index (χ1) is 4.88. The number of nitrogens with two attached hydrogens (primary N) is 1. The number of rotatable bonds is 0. The second-order valence-corrected chi connectivity index (χ2v) is 2.05.